The standard InChI is InChI=1S/C11H17N3O2S2/c1-11(2)15-8(9(16-11)7-13-14-12)6-10-17-4-3-5-18-10/h6,8-9H,3-5,7H2,1-2H3/t8-,9+/m0/s1. The Morgan fingerprint density at radius 2 is 2.17 bits per heavy atom. The zero-order valence-corrected chi connectivity index (χ0v) is 12.2. The van der Waals surface area contributed by atoms with E-state index in [1.54, 1.807) is 0 Å². The third-order valence-corrected chi connectivity index (χ3v) is 5.16. The molecule has 0 N–H and O–H groups in total. The quantitative estimate of drug-likeness (QED) is 0.452. The summed E-state index contributed by atoms with van der Waals surface area (Å²) in [6.45, 7) is 4.08. The first-order chi connectivity index (χ1) is 8.61. The van der Waals surface area contributed by atoms with Crippen LogP contribution in [0, 0.1) is 0 Å². The summed E-state index contributed by atoms with van der Waals surface area (Å²) in [5.74, 6) is 1.72. The highest BCUT2D eigenvalue weighted by Gasteiger charge is 2.40. The number of nitrogens with zero attached hydrogens (tertiary/aromatic N) is 3. The van der Waals surface area contributed by atoms with Crippen molar-refractivity contribution in [3.63, 3.8) is 0 Å². The fraction of sp³-hybridized carbons (Fsp3) is 0.818. The van der Waals surface area contributed by atoms with Gasteiger partial charge in [-0.25, -0.2) is 0 Å². The van der Waals surface area contributed by atoms with Gasteiger partial charge in [0.2, 0.25) is 0 Å². The molecule has 2 atom stereocenters. The van der Waals surface area contributed by atoms with Gasteiger partial charge in [-0.2, -0.15) is 0 Å². The SMILES string of the molecule is CC1(C)O[C@@H](C=C2SCCCS2)[C@@H](CN=[N+]=[N-])O1. The van der Waals surface area contributed by atoms with Crippen LogP contribution in [0.5, 0.6) is 0 Å². The third kappa shape index (κ3) is 3.83. The molecule has 0 saturated carbocycles. The molecule has 5 nitrogen and oxygen atoms in total. The number of thioether (sulfide) groups is 2. The molecule has 0 amide bonds. The molecule has 0 aromatic carbocycles. The summed E-state index contributed by atoms with van der Waals surface area (Å²) in [5, 5.41) is 3.60. The molecule has 2 fully saturated rings. The van der Waals surface area contributed by atoms with Crippen LogP contribution in [0.1, 0.15) is 20.3 Å². The maximum absolute atomic E-state index is 8.40. The van der Waals surface area contributed by atoms with E-state index in [0.717, 1.165) is 11.5 Å². The van der Waals surface area contributed by atoms with Gasteiger partial charge in [0.05, 0.1) is 12.6 Å². The smallest absolute Gasteiger partial charge is 0.164 e. The number of hydrogen-bond acceptors (Lipinski definition) is 5. The summed E-state index contributed by atoms with van der Waals surface area (Å²) in [6.07, 6.45) is 3.05. The Labute approximate surface area is 115 Å². The Hall–Kier alpha value is -0.330. The lowest BCUT2D eigenvalue weighted by Crippen LogP contribution is -2.24. The van der Waals surface area contributed by atoms with Gasteiger partial charge in [-0.15, -0.1) is 23.5 Å². The molecular formula is C11H17N3O2S2. The maximum atomic E-state index is 8.40. The molecule has 0 unspecified atom stereocenters. The molecule has 0 bridgehead atoms. The van der Waals surface area contributed by atoms with Crippen molar-refractivity contribution in [2.45, 2.75) is 38.3 Å². The van der Waals surface area contributed by atoms with Gasteiger partial charge in [0.25, 0.3) is 0 Å². The van der Waals surface area contributed by atoms with Gasteiger partial charge in [0.1, 0.15) is 6.10 Å². The molecule has 100 valence electrons. The summed E-state index contributed by atoms with van der Waals surface area (Å²) in [7, 11) is 0. The molecule has 2 aliphatic rings. The number of azide groups is 1. The van der Waals surface area contributed by atoms with E-state index in [4.69, 9.17) is 15.0 Å². The van der Waals surface area contributed by atoms with Crippen LogP contribution in [0.2, 0.25) is 0 Å². The van der Waals surface area contributed by atoms with E-state index in [-0.39, 0.29) is 12.2 Å². The second kappa shape index (κ2) is 6.21. The molecule has 2 saturated heterocycles. The fourth-order valence-corrected chi connectivity index (χ4v) is 4.40. The fourth-order valence-electron chi connectivity index (χ4n) is 1.94. The second-order valence-corrected chi connectivity index (χ2v) is 7.12. The molecule has 7 heteroatoms. The minimum atomic E-state index is -0.610. The van der Waals surface area contributed by atoms with E-state index in [1.807, 2.05) is 37.4 Å². The maximum Gasteiger partial charge on any atom is 0.164 e. The van der Waals surface area contributed by atoms with Crippen LogP contribution in [0.15, 0.2) is 15.4 Å². The molecule has 0 spiro atoms. The van der Waals surface area contributed by atoms with Crippen LogP contribution in [0.25, 0.3) is 10.4 Å². The molecule has 0 aliphatic carbocycles. The first-order valence-electron chi connectivity index (χ1n) is 5.95. The van der Waals surface area contributed by atoms with E-state index < -0.39 is 5.79 Å². The van der Waals surface area contributed by atoms with Crippen LogP contribution in [-0.4, -0.2) is 36.0 Å². The zero-order chi connectivity index (χ0) is 13.0. The molecule has 0 aromatic rings. The lowest BCUT2D eigenvalue weighted by atomic mass is 10.2. The Bertz CT molecular complexity index is 372. The number of ether oxygens (including phenoxy) is 2. The van der Waals surface area contributed by atoms with E-state index in [9.17, 15) is 0 Å². The normalized spacial score (nSPS) is 30.9. The summed E-state index contributed by atoms with van der Waals surface area (Å²) in [6, 6.07) is 0. The topological polar surface area (TPSA) is 67.2 Å². The monoisotopic (exact) mass is 287 g/mol. The van der Waals surface area contributed by atoms with Crippen molar-refractivity contribution in [3.05, 3.63) is 20.8 Å². The third-order valence-electron chi connectivity index (χ3n) is 2.62. The Kier molecular flexibility index (Phi) is 4.86. The minimum Gasteiger partial charge on any atom is -0.344 e. The zero-order valence-electron chi connectivity index (χ0n) is 10.5. The van der Waals surface area contributed by atoms with Gasteiger partial charge in [0.15, 0.2) is 5.79 Å². The molecule has 0 radical (unpaired) electrons. The molecule has 18 heavy (non-hydrogen) atoms. The van der Waals surface area contributed by atoms with E-state index >= 15 is 0 Å². The van der Waals surface area contributed by atoms with Gasteiger partial charge in [-0.1, -0.05) is 5.11 Å². The van der Waals surface area contributed by atoms with Crippen molar-refractivity contribution in [1.29, 1.82) is 0 Å². The molecule has 2 rings (SSSR count). The summed E-state index contributed by atoms with van der Waals surface area (Å²) in [5.41, 5.74) is 8.40. The Balaban J connectivity index is 2.05. The van der Waals surface area contributed by atoms with Crippen molar-refractivity contribution in [2.75, 3.05) is 18.1 Å². The van der Waals surface area contributed by atoms with Crippen LogP contribution in [0.4, 0.5) is 0 Å². The van der Waals surface area contributed by atoms with Gasteiger partial charge in [0, 0.05) is 9.15 Å². The highest BCUT2D eigenvalue weighted by molar-refractivity contribution is 8.22. The van der Waals surface area contributed by atoms with Crippen LogP contribution in [-0.2, 0) is 9.47 Å². The Morgan fingerprint density at radius 1 is 1.44 bits per heavy atom. The molecule has 0 aromatic heterocycles. The van der Waals surface area contributed by atoms with E-state index in [2.05, 4.69) is 16.1 Å². The predicted octanol–water partition coefficient (Wildman–Crippen LogP) is 3.53. The molecule has 2 aliphatic heterocycles. The van der Waals surface area contributed by atoms with Crippen molar-refractivity contribution >= 4 is 23.5 Å². The van der Waals surface area contributed by atoms with Crippen LogP contribution < -0.4 is 0 Å². The van der Waals surface area contributed by atoms with Gasteiger partial charge < -0.3 is 9.47 Å². The highest BCUT2D eigenvalue weighted by Crippen LogP contribution is 2.38. The average molecular weight is 287 g/mol. The molecule has 2 heterocycles. The lowest BCUT2D eigenvalue weighted by molar-refractivity contribution is -0.142. The lowest BCUT2D eigenvalue weighted by Gasteiger charge is -2.17. The number of hydrogen-bond donors (Lipinski definition) is 0. The van der Waals surface area contributed by atoms with Crippen molar-refractivity contribution in [2.24, 2.45) is 5.11 Å². The minimum absolute atomic E-state index is 0.126. The first-order valence-corrected chi connectivity index (χ1v) is 7.92. The van der Waals surface area contributed by atoms with Crippen LogP contribution >= 0.6 is 23.5 Å². The largest absolute Gasteiger partial charge is 0.344 e. The van der Waals surface area contributed by atoms with Gasteiger partial charge in [-0.05, 0) is 43.4 Å². The number of rotatable bonds is 3. The van der Waals surface area contributed by atoms with E-state index in [1.165, 1.54) is 10.7 Å². The highest BCUT2D eigenvalue weighted by atomic mass is 32.2. The van der Waals surface area contributed by atoms with Crippen LogP contribution in [0.3, 0.4) is 0 Å². The van der Waals surface area contributed by atoms with E-state index in [0.29, 0.717) is 6.54 Å². The summed E-state index contributed by atoms with van der Waals surface area (Å²) >= 11 is 3.72. The van der Waals surface area contributed by atoms with Gasteiger partial charge >= 0.3 is 0 Å². The Morgan fingerprint density at radius 3 is 2.83 bits per heavy atom. The van der Waals surface area contributed by atoms with Crippen molar-refractivity contribution in [1.82, 2.24) is 0 Å². The van der Waals surface area contributed by atoms with Crippen molar-refractivity contribution in [3.8, 4) is 0 Å². The molecular weight excluding hydrogens is 270 g/mol. The van der Waals surface area contributed by atoms with Gasteiger partial charge in [-0.3, -0.25) is 0 Å². The summed E-state index contributed by atoms with van der Waals surface area (Å²) < 4.78 is 12.9. The predicted molar refractivity (Wildman–Crippen MR) is 75.5 cm³/mol. The summed E-state index contributed by atoms with van der Waals surface area (Å²) in [4.78, 5) is 2.79. The van der Waals surface area contributed by atoms with Crippen molar-refractivity contribution < 1.29 is 9.47 Å². The average Bonchev–Trinajstić information content (AvgIpc) is 2.62. The second-order valence-electron chi connectivity index (χ2n) is 4.59. The first kappa shape index (κ1) is 14.1.